The second-order valence-corrected chi connectivity index (χ2v) is 12.1. The van der Waals surface area contributed by atoms with Gasteiger partial charge in [0.1, 0.15) is 5.84 Å². The van der Waals surface area contributed by atoms with E-state index in [1.54, 1.807) is 38.5 Å². The fraction of sp³-hybridized carbons (Fsp3) is 0.962. The smallest absolute Gasteiger partial charge is 0.102 e. The lowest BCUT2D eigenvalue weighted by Crippen LogP contribution is -2.57. The van der Waals surface area contributed by atoms with Crippen LogP contribution in [0, 0.1) is 34.5 Å². The minimum absolute atomic E-state index is 0.734. The molecule has 0 saturated heterocycles. The Morgan fingerprint density at radius 2 is 1.57 bits per heavy atom. The molecule has 0 aromatic carbocycles. The molecule has 0 radical (unpaired) electrons. The maximum Gasteiger partial charge on any atom is 0.102 e. The molecule has 0 N–H and O–H groups in total. The minimum atomic E-state index is 0.734. The van der Waals surface area contributed by atoms with Crippen LogP contribution in [0.4, 0.5) is 0 Å². The van der Waals surface area contributed by atoms with Gasteiger partial charge in [-0.1, -0.05) is 26.2 Å². The molecule has 2 atom stereocenters. The molecule has 6 aliphatic rings. The molecular formula is C26H44N2. The summed E-state index contributed by atoms with van der Waals surface area (Å²) in [5.74, 6) is 5.29. The predicted molar refractivity (Wildman–Crippen MR) is 119 cm³/mol. The Balaban J connectivity index is 1.23. The average molecular weight is 385 g/mol. The Labute approximate surface area is 173 Å². The maximum atomic E-state index is 4.86. The first kappa shape index (κ1) is 19.4. The van der Waals surface area contributed by atoms with Gasteiger partial charge in [0.2, 0.25) is 0 Å². The van der Waals surface area contributed by atoms with Gasteiger partial charge in [0.25, 0.3) is 0 Å². The molecular weight excluding hydrogens is 340 g/mol. The first-order valence-corrected chi connectivity index (χ1v) is 12.7. The van der Waals surface area contributed by atoms with Crippen LogP contribution in [0.5, 0.6) is 0 Å². The lowest BCUT2D eigenvalue weighted by molar-refractivity contribution is -0.167. The van der Waals surface area contributed by atoms with E-state index >= 15 is 0 Å². The zero-order chi connectivity index (χ0) is 19.4. The van der Waals surface area contributed by atoms with Crippen LogP contribution in [0.25, 0.3) is 0 Å². The Morgan fingerprint density at radius 3 is 2.25 bits per heavy atom. The van der Waals surface area contributed by atoms with Crippen LogP contribution < -0.4 is 0 Å². The van der Waals surface area contributed by atoms with Crippen LogP contribution in [0.15, 0.2) is 4.99 Å². The fourth-order valence-corrected chi connectivity index (χ4v) is 9.47. The summed E-state index contributed by atoms with van der Waals surface area (Å²) < 4.78 is 0. The number of amidine groups is 1. The van der Waals surface area contributed by atoms with Crippen molar-refractivity contribution in [3.63, 3.8) is 0 Å². The van der Waals surface area contributed by atoms with Gasteiger partial charge in [0.05, 0.1) is 0 Å². The van der Waals surface area contributed by atoms with E-state index in [0.717, 1.165) is 40.5 Å². The quantitative estimate of drug-likeness (QED) is 0.391. The lowest BCUT2D eigenvalue weighted by Gasteiger charge is -2.67. The summed E-state index contributed by atoms with van der Waals surface area (Å²) in [6.07, 6.45) is 22.3. The summed E-state index contributed by atoms with van der Waals surface area (Å²) in [5.41, 5.74) is 1.54. The van der Waals surface area contributed by atoms with Crippen molar-refractivity contribution in [1.82, 2.24) is 4.90 Å². The van der Waals surface area contributed by atoms with Crippen LogP contribution >= 0.6 is 0 Å². The van der Waals surface area contributed by atoms with Gasteiger partial charge >= 0.3 is 0 Å². The van der Waals surface area contributed by atoms with Crippen LogP contribution in [0.3, 0.4) is 0 Å². The molecule has 2 unspecified atom stereocenters. The van der Waals surface area contributed by atoms with E-state index in [9.17, 15) is 0 Å². The molecule has 0 aromatic heterocycles. The Bertz CT molecular complexity index is 586. The van der Waals surface area contributed by atoms with Gasteiger partial charge in [-0.2, -0.15) is 0 Å². The SMILES string of the molecule is CN=C(C1CCC(C23CC(C)CC4(CC(C4)C2)C3)CC1)N(C)C1CCCCC1. The summed E-state index contributed by atoms with van der Waals surface area (Å²) in [6, 6.07) is 0.758. The second kappa shape index (κ2) is 7.31. The molecule has 28 heavy (non-hydrogen) atoms. The van der Waals surface area contributed by atoms with Crippen LogP contribution in [0.1, 0.15) is 103 Å². The number of hydrogen-bond donors (Lipinski definition) is 0. The van der Waals surface area contributed by atoms with E-state index < -0.39 is 0 Å². The minimum Gasteiger partial charge on any atom is -0.360 e. The highest BCUT2D eigenvalue weighted by molar-refractivity contribution is 5.84. The van der Waals surface area contributed by atoms with E-state index in [1.165, 1.54) is 63.6 Å². The molecule has 0 amide bonds. The molecule has 1 spiro atoms. The Kier molecular flexibility index (Phi) is 5.07. The summed E-state index contributed by atoms with van der Waals surface area (Å²) >= 11 is 0. The maximum absolute atomic E-state index is 4.86. The second-order valence-electron chi connectivity index (χ2n) is 12.1. The monoisotopic (exact) mass is 384 g/mol. The highest BCUT2D eigenvalue weighted by atomic mass is 15.2. The molecule has 0 aromatic rings. The molecule has 6 aliphatic carbocycles. The van der Waals surface area contributed by atoms with Gasteiger partial charge in [-0.3, -0.25) is 4.99 Å². The van der Waals surface area contributed by atoms with E-state index in [2.05, 4.69) is 25.9 Å². The van der Waals surface area contributed by atoms with Crippen molar-refractivity contribution in [2.24, 2.45) is 39.5 Å². The fourth-order valence-electron chi connectivity index (χ4n) is 9.47. The molecule has 158 valence electrons. The average Bonchev–Trinajstić information content (AvgIpc) is 2.68. The highest BCUT2D eigenvalue weighted by Gasteiger charge is 2.61. The number of rotatable bonds is 3. The number of nitrogens with zero attached hydrogens (tertiary/aromatic N) is 2. The number of hydrogen-bond acceptors (Lipinski definition) is 1. The zero-order valence-corrected chi connectivity index (χ0v) is 18.9. The van der Waals surface area contributed by atoms with E-state index in [4.69, 9.17) is 4.99 Å². The molecule has 6 fully saturated rings. The molecule has 6 rings (SSSR count). The first-order chi connectivity index (χ1) is 13.5. The summed E-state index contributed by atoms with van der Waals surface area (Å²) in [6.45, 7) is 2.57. The van der Waals surface area contributed by atoms with E-state index in [-0.39, 0.29) is 0 Å². The van der Waals surface area contributed by atoms with Crippen molar-refractivity contribution in [3.8, 4) is 0 Å². The molecule has 0 aliphatic heterocycles. The molecule has 2 nitrogen and oxygen atoms in total. The number of aliphatic imine (C=N–C) groups is 1. The van der Waals surface area contributed by atoms with Crippen molar-refractivity contribution in [1.29, 1.82) is 0 Å². The van der Waals surface area contributed by atoms with Crippen molar-refractivity contribution in [2.75, 3.05) is 14.1 Å². The third-order valence-electron chi connectivity index (χ3n) is 10.1. The van der Waals surface area contributed by atoms with Crippen molar-refractivity contribution in [3.05, 3.63) is 0 Å². The van der Waals surface area contributed by atoms with E-state index in [0.29, 0.717) is 0 Å². The van der Waals surface area contributed by atoms with Crippen molar-refractivity contribution >= 4 is 5.84 Å². The molecule has 6 saturated carbocycles. The van der Waals surface area contributed by atoms with Gasteiger partial charge in [-0.05, 0) is 106 Å². The van der Waals surface area contributed by atoms with Crippen molar-refractivity contribution in [2.45, 2.75) is 109 Å². The predicted octanol–water partition coefficient (Wildman–Crippen LogP) is 6.69. The van der Waals surface area contributed by atoms with Crippen LogP contribution in [0.2, 0.25) is 0 Å². The lowest BCUT2D eigenvalue weighted by atomic mass is 9.38. The van der Waals surface area contributed by atoms with Gasteiger partial charge in [0.15, 0.2) is 0 Å². The summed E-state index contributed by atoms with van der Waals surface area (Å²) in [7, 11) is 4.41. The van der Waals surface area contributed by atoms with Crippen LogP contribution in [-0.4, -0.2) is 30.9 Å². The van der Waals surface area contributed by atoms with Gasteiger partial charge in [-0.25, -0.2) is 0 Å². The zero-order valence-electron chi connectivity index (χ0n) is 18.9. The summed E-state index contributed by atoms with van der Waals surface area (Å²) in [4.78, 5) is 7.46. The topological polar surface area (TPSA) is 15.6 Å². The molecule has 3 bridgehead atoms. The largest absolute Gasteiger partial charge is 0.360 e. The van der Waals surface area contributed by atoms with Crippen molar-refractivity contribution < 1.29 is 0 Å². The van der Waals surface area contributed by atoms with Gasteiger partial charge in [0, 0.05) is 26.1 Å². The normalized spacial score (nSPS) is 46.8. The molecule has 2 heteroatoms. The Hall–Kier alpha value is -0.530. The third-order valence-corrected chi connectivity index (χ3v) is 10.1. The first-order valence-electron chi connectivity index (χ1n) is 12.7. The highest BCUT2D eigenvalue weighted by Crippen LogP contribution is 2.71. The standard InChI is InChI=1S/C26H44N2/c1-19-13-25-15-20(16-25)17-26(14-19,18-25)22-11-9-21(10-12-22)24(27-2)28(3)23-7-5-4-6-8-23/h19-23H,4-18H2,1-3H3. The third kappa shape index (κ3) is 3.25. The van der Waals surface area contributed by atoms with Gasteiger partial charge < -0.3 is 4.90 Å². The molecule has 0 heterocycles. The van der Waals surface area contributed by atoms with Crippen LogP contribution in [-0.2, 0) is 0 Å². The van der Waals surface area contributed by atoms with E-state index in [1.807, 2.05) is 0 Å². The Morgan fingerprint density at radius 1 is 0.857 bits per heavy atom. The summed E-state index contributed by atoms with van der Waals surface area (Å²) in [5, 5.41) is 0. The van der Waals surface area contributed by atoms with Gasteiger partial charge in [-0.15, -0.1) is 0 Å².